The molecule has 286 valence electrons. The summed E-state index contributed by atoms with van der Waals surface area (Å²) in [4.78, 5) is 79.6. The minimum absolute atomic E-state index is 0.181. The van der Waals surface area contributed by atoms with Crippen molar-refractivity contribution in [3.8, 4) is 0 Å². The third-order valence-electron chi connectivity index (χ3n) is 8.38. The molecule has 0 aliphatic rings. The van der Waals surface area contributed by atoms with Gasteiger partial charge in [0.15, 0.2) is 5.78 Å². The number of Topliss-reactive ketones (excluding diaryl/α,β-unsaturated/α-hetero) is 1. The molecule has 0 radical (unpaired) electrons. The molecule has 0 saturated heterocycles. The van der Waals surface area contributed by atoms with Crippen LogP contribution in [0.2, 0.25) is 5.04 Å². The van der Waals surface area contributed by atoms with Crippen molar-refractivity contribution in [1.29, 1.82) is 0 Å². The molecule has 0 unspecified atom stereocenters. The van der Waals surface area contributed by atoms with Gasteiger partial charge in [0.2, 0.25) is 17.7 Å². The summed E-state index contributed by atoms with van der Waals surface area (Å²) < 4.78 is 17.1. The second-order valence-corrected chi connectivity index (χ2v) is 19.3. The number of nitrogens with one attached hydrogen (secondary N) is 3. The van der Waals surface area contributed by atoms with Gasteiger partial charge in [-0.25, -0.2) is 9.59 Å². The van der Waals surface area contributed by atoms with Crippen LogP contribution in [0.1, 0.15) is 68.2 Å². The van der Waals surface area contributed by atoms with Gasteiger partial charge in [-0.05, 0) is 50.0 Å². The fourth-order valence-corrected chi connectivity index (χ4v) is 10.2. The van der Waals surface area contributed by atoms with E-state index in [-0.39, 0.29) is 19.4 Å². The van der Waals surface area contributed by atoms with Crippen LogP contribution in [0.25, 0.3) is 0 Å². The number of ether oxygens (including phenoxy) is 2. The van der Waals surface area contributed by atoms with E-state index in [2.05, 4.69) is 36.7 Å². The Morgan fingerprint density at radius 2 is 1.23 bits per heavy atom. The predicted molar refractivity (Wildman–Crippen MR) is 200 cm³/mol. The van der Waals surface area contributed by atoms with Crippen molar-refractivity contribution in [3.63, 3.8) is 0 Å². The Balaban J connectivity index is 2.44. The van der Waals surface area contributed by atoms with E-state index in [0.717, 1.165) is 10.4 Å². The Hall–Kier alpha value is -4.56. The number of benzene rings is 2. The van der Waals surface area contributed by atoms with Crippen LogP contribution in [-0.4, -0.2) is 100 Å². The largest absolute Gasteiger partial charge is 0.467 e. The van der Waals surface area contributed by atoms with E-state index >= 15 is 0 Å². The maximum absolute atomic E-state index is 13.8. The highest BCUT2D eigenvalue weighted by Crippen LogP contribution is 2.37. The van der Waals surface area contributed by atoms with Crippen molar-refractivity contribution >= 4 is 54.3 Å². The number of methoxy groups -OCH3 is 1. The van der Waals surface area contributed by atoms with Crippen molar-refractivity contribution in [2.75, 3.05) is 27.8 Å². The average molecular weight is 741 g/mol. The van der Waals surface area contributed by atoms with Crippen molar-refractivity contribution in [3.05, 3.63) is 60.7 Å². The van der Waals surface area contributed by atoms with Crippen molar-refractivity contribution in [2.45, 2.75) is 97.0 Å². The van der Waals surface area contributed by atoms with Crippen LogP contribution < -0.4 is 26.3 Å². The van der Waals surface area contributed by atoms with E-state index in [1.807, 2.05) is 60.7 Å². The standard InChI is InChI=1S/C38H56N4O9Si/c1-25(39-34(46)30(23-32(44)42(9)10)41-36(48)51-37(3,4)5)31(43)22-27(33(45)40-26(2)35(47)49-11)24-50-52(38(6,7)8,28-18-14-12-15-19-28)29-20-16-13-17-21-29/h12-21,25-27,30H,22-24H2,1-11H3,(H,39,46)(H,40,45)(H,41,48)/t25-,26-,27-,30-/m0/s1. The summed E-state index contributed by atoms with van der Waals surface area (Å²) in [6, 6.07) is 16.1. The Morgan fingerprint density at radius 3 is 1.67 bits per heavy atom. The molecule has 4 atom stereocenters. The lowest BCUT2D eigenvalue weighted by molar-refractivity contribution is -0.145. The molecular formula is C38H56N4O9Si. The van der Waals surface area contributed by atoms with Gasteiger partial charge < -0.3 is 34.8 Å². The molecule has 0 bridgehead atoms. The van der Waals surface area contributed by atoms with Gasteiger partial charge in [0.05, 0.1) is 25.5 Å². The van der Waals surface area contributed by atoms with Gasteiger partial charge in [-0.3, -0.25) is 19.2 Å². The first-order valence-electron chi connectivity index (χ1n) is 17.3. The van der Waals surface area contributed by atoms with Crippen LogP contribution in [0.15, 0.2) is 60.7 Å². The molecule has 2 rings (SSSR count). The number of amides is 4. The highest BCUT2D eigenvalue weighted by Gasteiger charge is 2.50. The Bertz CT molecular complexity index is 1500. The molecule has 0 aliphatic carbocycles. The van der Waals surface area contributed by atoms with E-state index in [0.29, 0.717) is 0 Å². The molecule has 52 heavy (non-hydrogen) atoms. The fourth-order valence-electron chi connectivity index (χ4n) is 5.61. The molecule has 4 amide bonds. The quantitative estimate of drug-likeness (QED) is 0.173. The highest BCUT2D eigenvalue weighted by molar-refractivity contribution is 6.99. The van der Waals surface area contributed by atoms with Crippen LogP contribution >= 0.6 is 0 Å². The number of ketones is 1. The average Bonchev–Trinajstić information content (AvgIpc) is 3.06. The number of alkyl carbamates (subject to hydrolysis) is 1. The van der Waals surface area contributed by atoms with Gasteiger partial charge in [0.1, 0.15) is 17.7 Å². The van der Waals surface area contributed by atoms with Crippen LogP contribution in [0.3, 0.4) is 0 Å². The van der Waals surface area contributed by atoms with Gasteiger partial charge in [-0.15, -0.1) is 0 Å². The number of nitrogens with zero attached hydrogens (tertiary/aromatic N) is 1. The molecule has 0 heterocycles. The fraction of sp³-hybridized carbons (Fsp3) is 0.526. The second-order valence-electron chi connectivity index (χ2n) is 15.0. The number of hydrogen-bond donors (Lipinski definition) is 3. The van der Waals surface area contributed by atoms with E-state index in [1.165, 1.54) is 40.0 Å². The number of carbonyl (C=O) groups is 6. The maximum atomic E-state index is 13.8. The molecule has 0 saturated carbocycles. The van der Waals surface area contributed by atoms with Crippen LogP contribution in [-0.2, 0) is 37.9 Å². The second kappa shape index (κ2) is 18.8. The van der Waals surface area contributed by atoms with E-state index in [1.54, 1.807) is 20.8 Å². The van der Waals surface area contributed by atoms with E-state index in [4.69, 9.17) is 13.9 Å². The van der Waals surface area contributed by atoms with Crippen molar-refractivity contribution in [2.24, 2.45) is 5.92 Å². The first-order chi connectivity index (χ1) is 24.1. The van der Waals surface area contributed by atoms with Gasteiger partial charge in [0.25, 0.3) is 8.32 Å². The minimum atomic E-state index is -3.14. The lowest BCUT2D eigenvalue weighted by Gasteiger charge is -2.43. The van der Waals surface area contributed by atoms with Gasteiger partial charge in [-0.2, -0.15) is 0 Å². The zero-order valence-electron chi connectivity index (χ0n) is 32.3. The van der Waals surface area contributed by atoms with Crippen molar-refractivity contribution < 1.29 is 42.7 Å². The molecule has 0 fully saturated rings. The lowest BCUT2D eigenvalue weighted by Crippen LogP contribution is -2.67. The number of esters is 1. The first-order valence-corrected chi connectivity index (χ1v) is 19.2. The molecule has 0 aromatic heterocycles. The third kappa shape index (κ3) is 12.3. The Morgan fingerprint density at radius 1 is 0.731 bits per heavy atom. The van der Waals surface area contributed by atoms with Gasteiger partial charge >= 0.3 is 12.1 Å². The zero-order valence-corrected chi connectivity index (χ0v) is 33.3. The zero-order chi connectivity index (χ0) is 39.4. The van der Waals surface area contributed by atoms with Gasteiger partial charge in [-0.1, -0.05) is 81.4 Å². The number of rotatable bonds is 16. The number of hydrogen-bond acceptors (Lipinski definition) is 9. The molecular weight excluding hydrogens is 685 g/mol. The summed E-state index contributed by atoms with van der Waals surface area (Å²) in [5.41, 5.74) is -0.864. The summed E-state index contributed by atoms with van der Waals surface area (Å²) in [6.07, 6.45) is -1.66. The summed E-state index contributed by atoms with van der Waals surface area (Å²) in [5.74, 6) is -4.09. The minimum Gasteiger partial charge on any atom is -0.467 e. The number of carbonyl (C=O) groups excluding carboxylic acids is 6. The smallest absolute Gasteiger partial charge is 0.408 e. The van der Waals surface area contributed by atoms with Gasteiger partial charge in [0, 0.05) is 27.1 Å². The highest BCUT2D eigenvalue weighted by atomic mass is 28.4. The van der Waals surface area contributed by atoms with E-state index < -0.39 is 78.6 Å². The van der Waals surface area contributed by atoms with E-state index in [9.17, 15) is 28.8 Å². The van der Waals surface area contributed by atoms with Crippen LogP contribution in [0.5, 0.6) is 0 Å². The molecule has 14 heteroatoms. The molecule has 2 aromatic carbocycles. The normalized spacial score (nSPS) is 14.1. The molecule has 0 aliphatic heterocycles. The van der Waals surface area contributed by atoms with Crippen LogP contribution in [0, 0.1) is 5.92 Å². The monoisotopic (exact) mass is 740 g/mol. The summed E-state index contributed by atoms with van der Waals surface area (Å²) >= 11 is 0. The SMILES string of the molecule is COC(=O)[C@H](C)NC(=O)[C@H](CO[Si](c1ccccc1)(c1ccccc1)C(C)(C)C)CC(=O)[C@H](C)NC(=O)[C@H](CC(=O)N(C)C)NC(=O)OC(C)(C)C. The Kier molecular flexibility index (Phi) is 15.8. The predicted octanol–water partition coefficient (Wildman–Crippen LogP) is 2.69. The Labute approximate surface area is 308 Å². The summed E-state index contributed by atoms with van der Waals surface area (Å²) in [6.45, 7) is 14.0. The first kappa shape index (κ1) is 43.6. The maximum Gasteiger partial charge on any atom is 0.408 e. The topological polar surface area (TPSA) is 169 Å². The molecule has 0 spiro atoms. The third-order valence-corrected chi connectivity index (χ3v) is 13.4. The van der Waals surface area contributed by atoms with Crippen molar-refractivity contribution in [1.82, 2.24) is 20.9 Å². The molecule has 2 aromatic rings. The molecule has 13 nitrogen and oxygen atoms in total. The van der Waals surface area contributed by atoms with Crippen LogP contribution in [0.4, 0.5) is 4.79 Å². The molecule has 3 N–H and O–H groups in total. The summed E-state index contributed by atoms with van der Waals surface area (Å²) in [5, 5.41) is 9.16. The lowest BCUT2D eigenvalue weighted by atomic mass is 9.98. The summed E-state index contributed by atoms with van der Waals surface area (Å²) in [7, 11) is 1.09.